The molecule has 0 saturated heterocycles. The minimum atomic E-state index is -0.933. The number of ether oxygens (including phenoxy) is 1. The molecule has 0 atom stereocenters. The van der Waals surface area contributed by atoms with Crippen LogP contribution in [0.5, 0.6) is 5.75 Å². The highest BCUT2D eigenvalue weighted by molar-refractivity contribution is 5.88. The first-order valence-electron chi connectivity index (χ1n) is 9.46. The monoisotopic (exact) mass is 378 g/mol. The van der Waals surface area contributed by atoms with Crippen LogP contribution in [0.15, 0.2) is 48.5 Å². The Balaban J connectivity index is 1.93. The molecular formula is C23H26N2O3. The van der Waals surface area contributed by atoms with E-state index < -0.39 is 5.97 Å². The molecule has 0 aliphatic heterocycles. The average molecular weight is 378 g/mol. The smallest absolute Gasteiger partial charge is 0.335 e. The van der Waals surface area contributed by atoms with Crippen LogP contribution in [-0.2, 0) is 5.41 Å². The van der Waals surface area contributed by atoms with Crippen molar-refractivity contribution < 1.29 is 14.6 Å². The minimum absolute atomic E-state index is 0.0507. The predicted octanol–water partition coefficient (Wildman–Crippen LogP) is 5.53. The lowest BCUT2D eigenvalue weighted by atomic mass is 9.85. The van der Waals surface area contributed by atoms with E-state index in [9.17, 15) is 4.79 Å². The second kappa shape index (κ2) is 7.89. The lowest BCUT2D eigenvalue weighted by molar-refractivity contribution is 0.0697. The Labute approximate surface area is 165 Å². The molecule has 0 radical (unpaired) electrons. The summed E-state index contributed by atoms with van der Waals surface area (Å²) in [6.07, 6.45) is 0.967. The number of benzene rings is 2. The first kappa shape index (κ1) is 19.7. The van der Waals surface area contributed by atoms with Gasteiger partial charge < -0.3 is 9.84 Å². The fourth-order valence-corrected chi connectivity index (χ4v) is 3.02. The van der Waals surface area contributed by atoms with Gasteiger partial charge in [0.2, 0.25) is 0 Å². The third-order valence-electron chi connectivity index (χ3n) is 4.57. The van der Waals surface area contributed by atoms with Crippen LogP contribution >= 0.6 is 0 Å². The summed E-state index contributed by atoms with van der Waals surface area (Å²) in [6, 6.07) is 14.9. The van der Waals surface area contributed by atoms with Crippen molar-refractivity contribution >= 4 is 5.97 Å². The van der Waals surface area contributed by atoms with Gasteiger partial charge in [0.25, 0.3) is 0 Å². The molecule has 5 heteroatoms. The zero-order chi connectivity index (χ0) is 20.3. The zero-order valence-corrected chi connectivity index (χ0v) is 16.7. The molecule has 0 unspecified atom stereocenters. The molecule has 0 saturated carbocycles. The fraction of sp³-hybridized carbons (Fsp3) is 0.304. The van der Waals surface area contributed by atoms with Crippen molar-refractivity contribution in [1.82, 2.24) is 10.2 Å². The highest BCUT2D eigenvalue weighted by atomic mass is 16.5. The van der Waals surface area contributed by atoms with E-state index >= 15 is 0 Å². The number of carbonyl (C=O) groups is 1. The van der Waals surface area contributed by atoms with Crippen LogP contribution in [0.4, 0.5) is 0 Å². The van der Waals surface area contributed by atoms with Gasteiger partial charge in [-0.15, -0.1) is 0 Å². The van der Waals surface area contributed by atoms with Gasteiger partial charge in [-0.1, -0.05) is 39.8 Å². The summed E-state index contributed by atoms with van der Waals surface area (Å²) in [5, 5.41) is 16.5. The van der Waals surface area contributed by atoms with Crippen LogP contribution in [0.25, 0.3) is 22.5 Å². The van der Waals surface area contributed by atoms with Gasteiger partial charge in [-0.2, -0.15) is 5.10 Å². The lowest BCUT2D eigenvalue weighted by Crippen LogP contribution is -2.14. The SMILES string of the molecule is CCCOc1ccc(-c2cc(-c3ccc(C(=O)O)cc3)[nH]n2)cc1C(C)(C)C. The molecule has 0 spiro atoms. The van der Waals surface area contributed by atoms with Crippen LogP contribution in [0.3, 0.4) is 0 Å². The van der Waals surface area contributed by atoms with Crippen LogP contribution in [0.1, 0.15) is 50.0 Å². The number of nitrogens with zero attached hydrogens (tertiary/aromatic N) is 1. The summed E-state index contributed by atoms with van der Waals surface area (Å²) < 4.78 is 5.93. The van der Waals surface area contributed by atoms with E-state index in [0.717, 1.165) is 40.2 Å². The van der Waals surface area contributed by atoms with E-state index in [0.29, 0.717) is 6.61 Å². The number of aromatic nitrogens is 2. The molecule has 0 bridgehead atoms. The van der Waals surface area contributed by atoms with Crippen molar-refractivity contribution in [2.24, 2.45) is 0 Å². The Morgan fingerprint density at radius 2 is 1.75 bits per heavy atom. The van der Waals surface area contributed by atoms with E-state index in [2.05, 4.69) is 44.0 Å². The molecule has 0 aliphatic carbocycles. The van der Waals surface area contributed by atoms with Crippen molar-refractivity contribution in [3.8, 4) is 28.3 Å². The fourth-order valence-electron chi connectivity index (χ4n) is 3.02. The van der Waals surface area contributed by atoms with Crippen LogP contribution < -0.4 is 4.74 Å². The summed E-state index contributed by atoms with van der Waals surface area (Å²) in [5.41, 5.74) is 4.95. The highest BCUT2D eigenvalue weighted by Gasteiger charge is 2.20. The van der Waals surface area contributed by atoms with Crippen molar-refractivity contribution in [1.29, 1.82) is 0 Å². The van der Waals surface area contributed by atoms with Crippen molar-refractivity contribution in [3.05, 3.63) is 59.7 Å². The van der Waals surface area contributed by atoms with E-state index in [1.165, 1.54) is 0 Å². The van der Waals surface area contributed by atoms with Gasteiger partial charge in [0.15, 0.2) is 0 Å². The molecule has 1 aromatic heterocycles. The summed E-state index contributed by atoms with van der Waals surface area (Å²) in [6.45, 7) is 9.31. The maximum atomic E-state index is 11.0. The van der Waals surface area contributed by atoms with E-state index in [1.54, 1.807) is 24.3 Å². The van der Waals surface area contributed by atoms with Gasteiger partial charge >= 0.3 is 5.97 Å². The Morgan fingerprint density at radius 1 is 1.07 bits per heavy atom. The second-order valence-corrected chi connectivity index (χ2v) is 7.86. The topological polar surface area (TPSA) is 75.2 Å². The molecule has 0 aliphatic rings. The number of rotatable bonds is 6. The quantitative estimate of drug-likeness (QED) is 0.591. The Morgan fingerprint density at radius 3 is 2.36 bits per heavy atom. The van der Waals surface area contributed by atoms with Crippen LogP contribution in [0.2, 0.25) is 0 Å². The van der Waals surface area contributed by atoms with Crippen molar-refractivity contribution in [2.45, 2.75) is 39.5 Å². The molecule has 0 fully saturated rings. The van der Waals surface area contributed by atoms with Gasteiger partial charge in [-0.05, 0) is 53.8 Å². The molecule has 28 heavy (non-hydrogen) atoms. The van der Waals surface area contributed by atoms with E-state index in [1.807, 2.05) is 18.2 Å². The number of hydrogen-bond acceptors (Lipinski definition) is 3. The van der Waals surface area contributed by atoms with Crippen LogP contribution in [-0.4, -0.2) is 27.9 Å². The standard InChI is InChI=1S/C23H26N2O3/c1-5-12-28-21-11-10-17(13-18(21)23(2,3)4)20-14-19(24-25-20)15-6-8-16(9-7-15)22(26)27/h6-11,13-14H,5,12H2,1-4H3,(H,24,25)(H,26,27). The molecule has 3 aromatic rings. The van der Waals surface area contributed by atoms with Gasteiger partial charge in [0.05, 0.1) is 23.6 Å². The molecule has 1 heterocycles. The van der Waals surface area contributed by atoms with Gasteiger partial charge in [-0.25, -0.2) is 4.79 Å². The average Bonchev–Trinajstić information content (AvgIpc) is 3.15. The number of carboxylic acids is 1. The summed E-state index contributed by atoms with van der Waals surface area (Å²) in [7, 11) is 0. The zero-order valence-electron chi connectivity index (χ0n) is 16.7. The van der Waals surface area contributed by atoms with E-state index in [-0.39, 0.29) is 11.0 Å². The normalized spacial score (nSPS) is 11.4. The van der Waals surface area contributed by atoms with Crippen molar-refractivity contribution in [3.63, 3.8) is 0 Å². The maximum absolute atomic E-state index is 11.0. The molecule has 146 valence electrons. The van der Waals surface area contributed by atoms with Gasteiger partial charge in [0.1, 0.15) is 5.75 Å². The highest BCUT2D eigenvalue weighted by Crippen LogP contribution is 2.35. The van der Waals surface area contributed by atoms with E-state index in [4.69, 9.17) is 9.84 Å². The van der Waals surface area contributed by atoms with Crippen molar-refractivity contribution in [2.75, 3.05) is 6.61 Å². The lowest BCUT2D eigenvalue weighted by Gasteiger charge is -2.23. The largest absolute Gasteiger partial charge is 0.493 e. The first-order chi connectivity index (χ1) is 13.3. The first-order valence-corrected chi connectivity index (χ1v) is 9.46. The van der Waals surface area contributed by atoms with Crippen LogP contribution in [0, 0.1) is 0 Å². The summed E-state index contributed by atoms with van der Waals surface area (Å²) >= 11 is 0. The second-order valence-electron chi connectivity index (χ2n) is 7.86. The molecular weight excluding hydrogens is 352 g/mol. The van der Waals surface area contributed by atoms with Gasteiger partial charge in [-0.3, -0.25) is 5.10 Å². The van der Waals surface area contributed by atoms with Gasteiger partial charge in [0, 0.05) is 11.1 Å². The number of hydrogen-bond donors (Lipinski definition) is 2. The minimum Gasteiger partial charge on any atom is -0.493 e. The number of aromatic carboxylic acids is 1. The molecule has 5 nitrogen and oxygen atoms in total. The molecule has 2 N–H and O–H groups in total. The number of aromatic amines is 1. The Hall–Kier alpha value is -3.08. The summed E-state index contributed by atoms with van der Waals surface area (Å²) in [5.74, 6) is -0.0185. The number of H-pyrrole nitrogens is 1. The molecule has 0 amide bonds. The predicted molar refractivity (Wildman–Crippen MR) is 111 cm³/mol. The summed E-state index contributed by atoms with van der Waals surface area (Å²) in [4.78, 5) is 11.0. The third kappa shape index (κ3) is 4.25. The third-order valence-corrected chi connectivity index (χ3v) is 4.57. The Kier molecular flexibility index (Phi) is 5.54. The maximum Gasteiger partial charge on any atom is 0.335 e. The number of nitrogens with one attached hydrogen (secondary N) is 1. The Bertz CT molecular complexity index is 966. The molecule has 2 aromatic carbocycles. The molecule has 3 rings (SSSR count). The number of carboxylic acid groups (broad SMARTS) is 1.